The third kappa shape index (κ3) is 5.99. The lowest BCUT2D eigenvalue weighted by atomic mass is 9.96. The minimum absolute atomic E-state index is 0.00548. The van der Waals surface area contributed by atoms with Gasteiger partial charge < -0.3 is 15.2 Å². The molecule has 0 unspecified atom stereocenters. The number of allylic oxidation sites excluding steroid dienone is 2. The van der Waals surface area contributed by atoms with Crippen molar-refractivity contribution < 1.29 is 23.0 Å². The number of rotatable bonds is 8. The number of nitrogens with zero attached hydrogens (tertiary/aromatic N) is 1. The number of aliphatic hydroxyl groups is 1. The molecule has 1 aromatic heterocycles. The van der Waals surface area contributed by atoms with E-state index >= 15 is 0 Å². The molecule has 0 aliphatic heterocycles. The second kappa shape index (κ2) is 9.41. The lowest BCUT2D eigenvalue weighted by molar-refractivity contribution is -0.274. The summed E-state index contributed by atoms with van der Waals surface area (Å²) < 4.78 is 41.3. The second-order valence-electron chi connectivity index (χ2n) is 5.86. The molecular formula is C20H23F3N2O2. The van der Waals surface area contributed by atoms with Crippen molar-refractivity contribution in [3.8, 4) is 5.75 Å². The number of aliphatic hydroxyl groups excluding tert-OH is 1. The predicted octanol–water partition coefficient (Wildman–Crippen LogP) is 5.46. The zero-order chi connectivity index (χ0) is 19.9. The average molecular weight is 380 g/mol. The number of nitrogens with one attached hydrogen (secondary N) is 1. The Balaban J connectivity index is 2.43. The van der Waals surface area contributed by atoms with Gasteiger partial charge in [-0.05, 0) is 48.6 Å². The molecule has 4 nitrogen and oxygen atoms in total. The van der Waals surface area contributed by atoms with Crippen LogP contribution in [-0.4, -0.2) is 23.1 Å². The summed E-state index contributed by atoms with van der Waals surface area (Å²) in [6, 6.07) is 7.47. The van der Waals surface area contributed by atoms with E-state index < -0.39 is 6.36 Å². The molecule has 2 N–H and O–H groups in total. The number of pyridine rings is 1. The van der Waals surface area contributed by atoms with Crippen molar-refractivity contribution in [1.29, 1.82) is 0 Å². The Morgan fingerprint density at radius 1 is 1.26 bits per heavy atom. The molecule has 0 bridgehead atoms. The Kier molecular flexibility index (Phi) is 7.24. The molecule has 1 aromatic carbocycles. The molecule has 0 aliphatic rings. The van der Waals surface area contributed by atoms with Crippen LogP contribution in [0.2, 0.25) is 0 Å². The number of aromatic nitrogens is 1. The van der Waals surface area contributed by atoms with Crippen molar-refractivity contribution in [2.75, 3.05) is 11.9 Å². The fourth-order valence-electron chi connectivity index (χ4n) is 2.86. The topological polar surface area (TPSA) is 54.4 Å². The third-order valence-electron chi connectivity index (χ3n) is 3.90. The highest BCUT2D eigenvalue weighted by Gasteiger charge is 2.31. The van der Waals surface area contributed by atoms with Crippen LogP contribution in [-0.2, 0) is 6.42 Å². The first-order valence-electron chi connectivity index (χ1n) is 8.78. The van der Waals surface area contributed by atoms with Crippen LogP contribution in [0, 0.1) is 0 Å². The fourth-order valence-corrected chi connectivity index (χ4v) is 2.86. The summed E-state index contributed by atoms with van der Waals surface area (Å²) in [6.45, 7) is 4.05. The molecule has 0 saturated carbocycles. The average Bonchev–Trinajstić information content (AvgIpc) is 2.59. The Bertz CT molecular complexity index is 789. The van der Waals surface area contributed by atoms with Crippen LogP contribution in [0.5, 0.6) is 5.75 Å². The summed E-state index contributed by atoms with van der Waals surface area (Å²) in [5, 5.41) is 12.5. The highest BCUT2D eigenvalue weighted by molar-refractivity contribution is 5.79. The maximum absolute atomic E-state index is 12.5. The molecule has 0 amide bonds. The first-order chi connectivity index (χ1) is 12.9. The first-order valence-corrected chi connectivity index (χ1v) is 8.78. The van der Waals surface area contributed by atoms with Crippen LogP contribution < -0.4 is 10.1 Å². The fraction of sp³-hybridized carbons (Fsp3) is 0.350. The molecule has 27 heavy (non-hydrogen) atoms. The highest BCUT2D eigenvalue weighted by atomic mass is 19.4. The van der Waals surface area contributed by atoms with Crippen molar-refractivity contribution in [3.63, 3.8) is 0 Å². The second-order valence-corrected chi connectivity index (χ2v) is 5.86. The van der Waals surface area contributed by atoms with Gasteiger partial charge in [0.1, 0.15) is 11.6 Å². The van der Waals surface area contributed by atoms with E-state index in [0.29, 0.717) is 17.9 Å². The molecular weight excluding hydrogens is 357 g/mol. The largest absolute Gasteiger partial charge is 0.573 e. The van der Waals surface area contributed by atoms with Crippen LogP contribution in [0.25, 0.3) is 5.57 Å². The number of anilines is 2. The first kappa shape index (κ1) is 20.8. The van der Waals surface area contributed by atoms with Gasteiger partial charge in [0.2, 0.25) is 0 Å². The quantitative estimate of drug-likeness (QED) is 0.638. The van der Waals surface area contributed by atoms with E-state index in [0.717, 1.165) is 29.5 Å². The van der Waals surface area contributed by atoms with Gasteiger partial charge in [-0.1, -0.05) is 26.0 Å². The van der Waals surface area contributed by atoms with E-state index in [-0.39, 0.29) is 12.4 Å². The minimum Gasteiger partial charge on any atom is -0.406 e. The van der Waals surface area contributed by atoms with E-state index in [1.165, 1.54) is 18.2 Å². The van der Waals surface area contributed by atoms with Gasteiger partial charge in [-0.15, -0.1) is 13.2 Å². The van der Waals surface area contributed by atoms with Gasteiger partial charge in [-0.3, -0.25) is 0 Å². The van der Waals surface area contributed by atoms with Gasteiger partial charge in [-0.2, -0.15) is 0 Å². The van der Waals surface area contributed by atoms with E-state index in [4.69, 9.17) is 0 Å². The molecule has 0 spiro atoms. The smallest absolute Gasteiger partial charge is 0.406 e. The van der Waals surface area contributed by atoms with E-state index in [9.17, 15) is 18.3 Å². The van der Waals surface area contributed by atoms with Gasteiger partial charge >= 0.3 is 6.36 Å². The number of halogens is 3. The monoisotopic (exact) mass is 380 g/mol. The molecule has 1 heterocycles. The number of hydrogen-bond acceptors (Lipinski definition) is 4. The maximum atomic E-state index is 12.5. The summed E-state index contributed by atoms with van der Waals surface area (Å²) in [5.74, 6) is 0.229. The lowest BCUT2D eigenvalue weighted by Gasteiger charge is -2.18. The third-order valence-corrected chi connectivity index (χ3v) is 3.90. The predicted molar refractivity (Wildman–Crippen MR) is 100.0 cm³/mol. The maximum Gasteiger partial charge on any atom is 0.573 e. The van der Waals surface area contributed by atoms with Crippen molar-refractivity contribution in [3.05, 3.63) is 53.7 Å². The summed E-state index contributed by atoms with van der Waals surface area (Å²) in [6.07, 6.45) is 1.03. The van der Waals surface area contributed by atoms with Crippen LogP contribution >= 0.6 is 0 Å². The Labute approximate surface area is 156 Å². The van der Waals surface area contributed by atoms with Crippen molar-refractivity contribution in [1.82, 2.24) is 4.98 Å². The lowest BCUT2D eigenvalue weighted by Crippen LogP contribution is -2.17. The molecule has 0 atom stereocenters. The van der Waals surface area contributed by atoms with Crippen LogP contribution in [0.1, 0.15) is 37.8 Å². The van der Waals surface area contributed by atoms with E-state index in [1.54, 1.807) is 12.3 Å². The van der Waals surface area contributed by atoms with E-state index in [1.807, 2.05) is 19.9 Å². The van der Waals surface area contributed by atoms with Gasteiger partial charge in [0, 0.05) is 30.1 Å². The Morgan fingerprint density at radius 2 is 2.04 bits per heavy atom. The summed E-state index contributed by atoms with van der Waals surface area (Å²) in [7, 11) is 0. The van der Waals surface area contributed by atoms with Crippen LogP contribution in [0.15, 0.2) is 42.6 Å². The standard InChI is InChI=1S/C20H23F3N2O2/c1-3-6-14(4-2)18-15(10-12-26)9-11-24-19(18)25-16-7-5-8-17(13-16)27-20(21,22)23/h5-9,11,13,26H,3-4,10,12H2,1-2H3,(H,24,25)/b14-6+. The molecule has 0 saturated heterocycles. The van der Waals surface area contributed by atoms with Crippen molar-refractivity contribution >= 4 is 17.1 Å². The SMILES string of the molecule is CC/C=C(\CC)c1c(CCO)ccnc1Nc1cccc(OC(F)(F)F)c1. The molecule has 2 rings (SSSR count). The number of alkyl halides is 3. The van der Waals surface area contributed by atoms with Crippen molar-refractivity contribution in [2.24, 2.45) is 0 Å². The molecule has 0 fully saturated rings. The van der Waals surface area contributed by atoms with Crippen molar-refractivity contribution in [2.45, 2.75) is 39.5 Å². The van der Waals surface area contributed by atoms with Gasteiger partial charge in [0.15, 0.2) is 0 Å². The van der Waals surface area contributed by atoms with Gasteiger partial charge in [0.25, 0.3) is 0 Å². The van der Waals surface area contributed by atoms with Gasteiger partial charge in [0.05, 0.1) is 0 Å². The summed E-state index contributed by atoms with van der Waals surface area (Å²) in [5.41, 5.74) is 3.30. The van der Waals surface area contributed by atoms with Gasteiger partial charge in [-0.25, -0.2) is 4.98 Å². The van der Waals surface area contributed by atoms with E-state index in [2.05, 4.69) is 21.1 Å². The summed E-state index contributed by atoms with van der Waals surface area (Å²) in [4.78, 5) is 4.38. The van der Waals surface area contributed by atoms with Crippen LogP contribution in [0.3, 0.4) is 0 Å². The highest BCUT2D eigenvalue weighted by Crippen LogP contribution is 2.32. The minimum atomic E-state index is -4.75. The van der Waals surface area contributed by atoms with Crippen LogP contribution in [0.4, 0.5) is 24.7 Å². The molecule has 7 heteroatoms. The molecule has 146 valence electrons. The molecule has 0 aliphatic carbocycles. The Hall–Kier alpha value is -2.54. The number of hydrogen-bond donors (Lipinski definition) is 2. The molecule has 0 radical (unpaired) electrons. The zero-order valence-corrected chi connectivity index (χ0v) is 15.3. The normalized spacial score (nSPS) is 12.1. The number of ether oxygens (including phenoxy) is 1. The molecule has 2 aromatic rings. The Morgan fingerprint density at radius 3 is 2.67 bits per heavy atom. The zero-order valence-electron chi connectivity index (χ0n) is 15.3. The number of benzene rings is 1. The summed E-state index contributed by atoms with van der Waals surface area (Å²) >= 11 is 0.